The molecule has 2 heterocycles. The highest BCUT2D eigenvalue weighted by Gasteiger charge is 2.26. The van der Waals surface area contributed by atoms with Crippen LogP contribution in [-0.4, -0.2) is 21.3 Å². The number of nitrogens with one attached hydrogen (secondary N) is 1. The lowest BCUT2D eigenvalue weighted by atomic mass is 10.2. The highest BCUT2D eigenvalue weighted by molar-refractivity contribution is 4.96. The second-order valence-electron chi connectivity index (χ2n) is 3.90. The van der Waals surface area contributed by atoms with Crippen LogP contribution in [0, 0.1) is 0 Å². The molecule has 1 saturated heterocycles. The molecule has 4 heteroatoms. The van der Waals surface area contributed by atoms with E-state index in [0.29, 0.717) is 6.10 Å². The first kappa shape index (κ1) is 9.65. The molecule has 1 aliphatic rings. The molecule has 2 unspecified atom stereocenters. The van der Waals surface area contributed by atoms with E-state index in [4.69, 9.17) is 4.74 Å². The number of H-pyrrole nitrogens is 1. The molecule has 1 N–H and O–H groups in total. The monoisotopic (exact) mass is 195 g/mol. The number of rotatable bonds is 3. The molecule has 14 heavy (non-hydrogen) atoms. The second-order valence-corrected chi connectivity index (χ2v) is 3.90. The Balaban J connectivity index is 2.02. The van der Waals surface area contributed by atoms with Crippen LogP contribution < -0.4 is 0 Å². The van der Waals surface area contributed by atoms with Crippen molar-refractivity contribution in [1.82, 2.24) is 15.2 Å². The minimum Gasteiger partial charge on any atom is -0.367 e. The molecule has 1 aliphatic heterocycles. The number of aromatic amines is 1. The molecular weight excluding hydrogens is 178 g/mol. The molecule has 4 nitrogen and oxygen atoms in total. The van der Waals surface area contributed by atoms with Crippen LogP contribution in [0.15, 0.2) is 0 Å². The van der Waals surface area contributed by atoms with Crippen molar-refractivity contribution < 1.29 is 4.74 Å². The number of ether oxygens (including phenoxy) is 1. The first-order valence-corrected chi connectivity index (χ1v) is 5.36. The van der Waals surface area contributed by atoms with Gasteiger partial charge < -0.3 is 4.74 Å². The van der Waals surface area contributed by atoms with Crippen LogP contribution in [0.1, 0.15) is 50.9 Å². The van der Waals surface area contributed by atoms with Crippen LogP contribution in [0.25, 0.3) is 0 Å². The van der Waals surface area contributed by atoms with E-state index in [1.165, 1.54) is 0 Å². The average Bonchev–Trinajstić information content (AvgIpc) is 2.74. The molecule has 0 amide bonds. The van der Waals surface area contributed by atoms with Gasteiger partial charge in [-0.2, -0.15) is 5.10 Å². The maximum atomic E-state index is 5.69. The Bertz CT molecular complexity index is 297. The molecular formula is C10H17N3O. The molecule has 0 aliphatic carbocycles. The Morgan fingerprint density at radius 3 is 3.00 bits per heavy atom. The predicted molar refractivity (Wildman–Crippen MR) is 52.9 cm³/mol. The minimum absolute atomic E-state index is 0.117. The fraction of sp³-hybridized carbons (Fsp3) is 0.800. The third-order valence-electron chi connectivity index (χ3n) is 2.56. The van der Waals surface area contributed by atoms with Gasteiger partial charge in [0, 0.05) is 6.42 Å². The Kier molecular flexibility index (Phi) is 2.82. The summed E-state index contributed by atoms with van der Waals surface area (Å²) in [5.74, 6) is 1.81. The van der Waals surface area contributed by atoms with Gasteiger partial charge in [0.1, 0.15) is 11.9 Å². The van der Waals surface area contributed by atoms with E-state index >= 15 is 0 Å². The molecule has 0 spiro atoms. The van der Waals surface area contributed by atoms with Crippen LogP contribution in [0.5, 0.6) is 0 Å². The Hall–Kier alpha value is -0.900. The number of hydrogen-bond acceptors (Lipinski definition) is 3. The van der Waals surface area contributed by atoms with Gasteiger partial charge in [0.05, 0.1) is 6.10 Å². The number of hydrogen-bond donors (Lipinski definition) is 1. The van der Waals surface area contributed by atoms with Crippen LogP contribution >= 0.6 is 0 Å². The van der Waals surface area contributed by atoms with Gasteiger partial charge in [-0.3, -0.25) is 5.10 Å². The summed E-state index contributed by atoms with van der Waals surface area (Å²) in [6.07, 6.45) is 4.69. The van der Waals surface area contributed by atoms with E-state index in [1.807, 2.05) is 0 Å². The molecule has 0 radical (unpaired) electrons. The molecule has 78 valence electrons. The van der Waals surface area contributed by atoms with Crippen molar-refractivity contribution in [2.24, 2.45) is 0 Å². The predicted octanol–water partition coefficient (Wildman–Crippen LogP) is 2.00. The maximum Gasteiger partial charge on any atom is 0.179 e. The summed E-state index contributed by atoms with van der Waals surface area (Å²) in [7, 11) is 0. The largest absolute Gasteiger partial charge is 0.367 e. The molecule has 0 saturated carbocycles. The van der Waals surface area contributed by atoms with Crippen molar-refractivity contribution in [1.29, 1.82) is 0 Å². The standard InChI is InChI=1S/C10H17N3O/c1-3-4-9-11-10(13-12-9)8-6-5-7(2)14-8/h7-8H,3-6H2,1-2H3,(H,11,12,13). The van der Waals surface area contributed by atoms with E-state index in [0.717, 1.165) is 37.3 Å². The Labute approximate surface area is 84.1 Å². The SMILES string of the molecule is CCCc1nc(C2CCC(C)O2)n[nH]1. The highest BCUT2D eigenvalue weighted by atomic mass is 16.5. The zero-order valence-electron chi connectivity index (χ0n) is 8.79. The number of aryl methyl sites for hydroxylation is 1. The third-order valence-corrected chi connectivity index (χ3v) is 2.56. The van der Waals surface area contributed by atoms with Crippen LogP contribution in [0.2, 0.25) is 0 Å². The van der Waals surface area contributed by atoms with Crippen LogP contribution in [-0.2, 0) is 11.2 Å². The lowest BCUT2D eigenvalue weighted by Gasteiger charge is -2.05. The van der Waals surface area contributed by atoms with Gasteiger partial charge in [0.2, 0.25) is 0 Å². The third kappa shape index (κ3) is 1.95. The quantitative estimate of drug-likeness (QED) is 0.802. The summed E-state index contributed by atoms with van der Waals surface area (Å²) in [6.45, 7) is 4.23. The fourth-order valence-electron chi connectivity index (χ4n) is 1.80. The highest BCUT2D eigenvalue weighted by Crippen LogP contribution is 2.30. The maximum absolute atomic E-state index is 5.69. The van der Waals surface area contributed by atoms with Gasteiger partial charge in [-0.15, -0.1) is 0 Å². The number of nitrogens with zero attached hydrogens (tertiary/aromatic N) is 2. The lowest BCUT2D eigenvalue weighted by Crippen LogP contribution is -2.02. The molecule has 2 atom stereocenters. The molecule has 1 fully saturated rings. The van der Waals surface area contributed by atoms with E-state index in [2.05, 4.69) is 29.0 Å². The summed E-state index contributed by atoms with van der Waals surface area (Å²) in [5, 5.41) is 7.15. The van der Waals surface area contributed by atoms with Gasteiger partial charge >= 0.3 is 0 Å². The van der Waals surface area contributed by atoms with Crippen molar-refractivity contribution in [2.45, 2.75) is 51.7 Å². The molecule has 0 aromatic carbocycles. The summed E-state index contributed by atoms with van der Waals surface area (Å²) >= 11 is 0. The van der Waals surface area contributed by atoms with Crippen LogP contribution in [0.3, 0.4) is 0 Å². The van der Waals surface area contributed by atoms with E-state index in [-0.39, 0.29) is 6.10 Å². The molecule has 1 aromatic rings. The normalized spacial score (nSPS) is 27.0. The summed E-state index contributed by atoms with van der Waals surface area (Å²) in [5.41, 5.74) is 0. The van der Waals surface area contributed by atoms with E-state index < -0.39 is 0 Å². The summed E-state index contributed by atoms with van der Waals surface area (Å²) in [6, 6.07) is 0. The summed E-state index contributed by atoms with van der Waals surface area (Å²) in [4.78, 5) is 4.42. The van der Waals surface area contributed by atoms with E-state index in [9.17, 15) is 0 Å². The first-order chi connectivity index (χ1) is 6.79. The summed E-state index contributed by atoms with van der Waals surface area (Å²) < 4.78 is 5.69. The average molecular weight is 195 g/mol. The van der Waals surface area contributed by atoms with Gasteiger partial charge in [-0.25, -0.2) is 4.98 Å². The van der Waals surface area contributed by atoms with E-state index in [1.54, 1.807) is 0 Å². The van der Waals surface area contributed by atoms with Crippen molar-refractivity contribution in [2.75, 3.05) is 0 Å². The fourth-order valence-corrected chi connectivity index (χ4v) is 1.80. The smallest absolute Gasteiger partial charge is 0.179 e. The number of aromatic nitrogens is 3. The first-order valence-electron chi connectivity index (χ1n) is 5.36. The van der Waals surface area contributed by atoms with Gasteiger partial charge in [0.15, 0.2) is 5.82 Å². The minimum atomic E-state index is 0.117. The van der Waals surface area contributed by atoms with Crippen molar-refractivity contribution in [3.63, 3.8) is 0 Å². The van der Waals surface area contributed by atoms with Crippen molar-refractivity contribution in [3.05, 3.63) is 11.6 Å². The van der Waals surface area contributed by atoms with Crippen molar-refractivity contribution in [3.8, 4) is 0 Å². The Morgan fingerprint density at radius 1 is 1.50 bits per heavy atom. The van der Waals surface area contributed by atoms with Gasteiger partial charge in [-0.05, 0) is 26.2 Å². The zero-order chi connectivity index (χ0) is 9.97. The molecule has 0 bridgehead atoms. The topological polar surface area (TPSA) is 50.8 Å². The van der Waals surface area contributed by atoms with Gasteiger partial charge in [0.25, 0.3) is 0 Å². The van der Waals surface area contributed by atoms with Crippen molar-refractivity contribution >= 4 is 0 Å². The lowest BCUT2D eigenvalue weighted by molar-refractivity contribution is 0.0505. The Morgan fingerprint density at radius 2 is 2.36 bits per heavy atom. The molecule has 2 rings (SSSR count). The molecule has 1 aromatic heterocycles. The second kappa shape index (κ2) is 4.09. The zero-order valence-corrected chi connectivity index (χ0v) is 8.79. The van der Waals surface area contributed by atoms with Crippen LogP contribution in [0.4, 0.5) is 0 Å². The van der Waals surface area contributed by atoms with Gasteiger partial charge in [-0.1, -0.05) is 6.92 Å².